The highest BCUT2D eigenvalue weighted by molar-refractivity contribution is 8.00. The number of carbonyl (C=O) groups excluding carboxylic acids is 3. The molecule has 3 fully saturated rings. The number of thioether (sulfide) groups is 1. The van der Waals surface area contributed by atoms with Crippen LogP contribution in [0.1, 0.15) is 29.7 Å². The number of amides is 3. The largest absolute Gasteiger partial charge is 0.490 e. The number of fused-ring (bicyclic) bond motifs is 9. The van der Waals surface area contributed by atoms with Gasteiger partial charge in [-0.3, -0.25) is 24.1 Å². The van der Waals surface area contributed by atoms with Crippen molar-refractivity contribution in [2.75, 3.05) is 23.4 Å². The van der Waals surface area contributed by atoms with Crippen molar-refractivity contribution in [3.05, 3.63) is 97.7 Å². The predicted octanol–water partition coefficient (Wildman–Crippen LogP) is 6.32. The van der Waals surface area contributed by atoms with Crippen molar-refractivity contribution in [1.29, 1.82) is 0 Å². The van der Waals surface area contributed by atoms with Crippen LogP contribution in [0.2, 0.25) is 5.02 Å². The van der Waals surface area contributed by atoms with E-state index in [4.69, 9.17) is 21.1 Å². The first kappa shape index (κ1) is 31.2. The normalized spacial score (nSPS) is 26.6. The summed E-state index contributed by atoms with van der Waals surface area (Å²) in [7, 11) is 0. The Hall–Kier alpha value is -4.13. The average molecular weight is 706 g/mol. The van der Waals surface area contributed by atoms with Crippen LogP contribution in [0.5, 0.6) is 11.5 Å². The van der Waals surface area contributed by atoms with Gasteiger partial charge in [-0.15, -0.1) is 11.8 Å². The average Bonchev–Trinajstić information content (AvgIpc) is 3.81. The Labute approximate surface area is 287 Å². The van der Waals surface area contributed by atoms with Gasteiger partial charge in [0, 0.05) is 26.8 Å². The molecule has 8 rings (SSSR count). The molecule has 2 aliphatic carbocycles. The number of hydrogen-bond acceptors (Lipinski definition) is 8. The van der Waals surface area contributed by atoms with Gasteiger partial charge in [0.1, 0.15) is 5.82 Å². The summed E-state index contributed by atoms with van der Waals surface area (Å²) in [5, 5.41) is 4.05. The summed E-state index contributed by atoms with van der Waals surface area (Å²) in [5.74, 6) is -1.45. The highest BCUT2D eigenvalue weighted by Crippen LogP contribution is 2.68. The molecule has 3 aromatic carbocycles. The van der Waals surface area contributed by atoms with Gasteiger partial charge in [-0.2, -0.15) is 0 Å². The van der Waals surface area contributed by atoms with Crippen LogP contribution in [0.25, 0.3) is 0 Å². The van der Waals surface area contributed by atoms with Crippen molar-refractivity contribution in [3.8, 4) is 11.5 Å². The van der Waals surface area contributed by atoms with E-state index in [9.17, 15) is 23.6 Å². The first-order valence-electron chi connectivity index (χ1n) is 15.7. The summed E-state index contributed by atoms with van der Waals surface area (Å²) in [6, 6.07) is 17.8. The lowest BCUT2D eigenvalue weighted by Gasteiger charge is -2.43. The van der Waals surface area contributed by atoms with E-state index in [0.29, 0.717) is 34.5 Å². The predicted molar refractivity (Wildman–Crippen MR) is 181 cm³/mol. The number of rotatable bonds is 8. The van der Waals surface area contributed by atoms with Crippen molar-refractivity contribution in [3.63, 3.8) is 0 Å². The molecule has 7 atom stereocenters. The molecule has 246 valence electrons. The molecule has 0 spiro atoms. The standard InChI is InChI=1S/C35H29ClFN3O6S2/c1-2-45-24-13-16(3-12-23(24)46-15-25(41)38-19-8-6-18(37)7-9-19)26-27-21-14-22(30(27)47-32-31(26)48-35(44)39-32)29-28(21)33(42)40(34(29)43)20-10-4-17(36)5-11-20/h3-13,21-22,26-30H,2,14-15H2,1H3,(H,38,41)(H,39,44)/t21?,22?,26-,27?,28?,29?,30?/m1/s1. The molecule has 13 heteroatoms. The van der Waals surface area contributed by atoms with Gasteiger partial charge >= 0.3 is 4.87 Å². The van der Waals surface area contributed by atoms with Crippen molar-refractivity contribution < 1.29 is 28.2 Å². The highest BCUT2D eigenvalue weighted by Gasteiger charge is 2.69. The van der Waals surface area contributed by atoms with Crippen molar-refractivity contribution in [2.24, 2.45) is 29.6 Å². The van der Waals surface area contributed by atoms with E-state index in [1.165, 1.54) is 40.5 Å². The zero-order valence-corrected chi connectivity index (χ0v) is 27.9. The number of nitrogens with one attached hydrogen (secondary N) is 2. The fourth-order valence-electron chi connectivity index (χ4n) is 8.21. The summed E-state index contributed by atoms with van der Waals surface area (Å²) in [6.07, 6.45) is 0.766. The van der Waals surface area contributed by atoms with Crippen LogP contribution in [0.4, 0.5) is 15.8 Å². The van der Waals surface area contributed by atoms with E-state index in [1.54, 1.807) is 42.1 Å². The maximum Gasteiger partial charge on any atom is 0.305 e. The summed E-state index contributed by atoms with van der Waals surface area (Å²) in [4.78, 5) is 58.3. The van der Waals surface area contributed by atoms with E-state index in [2.05, 4.69) is 10.3 Å². The molecular weight excluding hydrogens is 677 g/mol. The molecular formula is C35H29ClFN3O6S2. The molecule has 3 heterocycles. The van der Waals surface area contributed by atoms with Crippen LogP contribution in [-0.2, 0) is 14.4 Å². The zero-order chi connectivity index (χ0) is 33.3. The molecule has 2 saturated carbocycles. The summed E-state index contributed by atoms with van der Waals surface area (Å²) in [6.45, 7) is 1.91. The Bertz CT molecular complexity index is 2000. The van der Waals surface area contributed by atoms with Crippen LogP contribution in [0.15, 0.2) is 76.6 Å². The molecule has 1 saturated heterocycles. The van der Waals surface area contributed by atoms with Crippen LogP contribution >= 0.6 is 34.7 Å². The second-order valence-electron chi connectivity index (χ2n) is 12.4. The Morgan fingerprint density at radius 1 is 0.979 bits per heavy atom. The Kier molecular flexibility index (Phi) is 7.84. The molecule has 2 bridgehead atoms. The SMILES string of the molecule is CCOc1cc([C@H]2c3sc(=O)[nH]c3SC3C4CC(C5C(=O)N(c6ccc(Cl)cc6)C(=O)C45)C32)ccc1OCC(=O)Nc1ccc(F)cc1. The second-order valence-corrected chi connectivity index (χ2v) is 15.1. The highest BCUT2D eigenvalue weighted by atomic mass is 35.5. The molecule has 2 N–H and O–H groups in total. The van der Waals surface area contributed by atoms with E-state index in [1.807, 2.05) is 19.1 Å². The number of carbonyl (C=O) groups is 3. The molecule has 0 radical (unpaired) electrons. The van der Waals surface area contributed by atoms with Crippen LogP contribution < -0.4 is 24.6 Å². The number of hydrogen-bond donors (Lipinski definition) is 2. The number of imide groups is 1. The molecule has 6 unspecified atom stereocenters. The molecule has 48 heavy (non-hydrogen) atoms. The zero-order valence-electron chi connectivity index (χ0n) is 25.5. The van der Waals surface area contributed by atoms with Crippen molar-refractivity contribution in [2.45, 2.75) is 29.5 Å². The Balaban J connectivity index is 1.10. The third-order valence-corrected chi connectivity index (χ3v) is 12.8. The van der Waals surface area contributed by atoms with Gasteiger partial charge in [-0.25, -0.2) is 4.39 Å². The number of H-pyrrole nitrogens is 1. The van der Waals surface area contributed by atoms with Crippen molar-refractivity contribution >= 4 is 63.8 Å². The quantitative estimate of drug-likeness (QED) is 0.206. The first-order valence-corrected chi connectivity index (χ1v) is 17.8. The minimum atomic E-state index is -0.437. The van der Waals surface area contributed by atoms with Gasteiger partial charge in [-0.1, -0.05) is 29.0 Å². The number of aromatic amines is 1. The maximum absolute atomic E-state index is 14.0. The number of halogens is 2. The molecule has 3 amide bonds. The number of benzene rings is 3. The second kappa shape index (κ2) is 12.1. The first-order chi connectivity index (χ1) is 23.2. The summed E-state index contributed by atoms with van der Waals surface area (Å²) in [5.41, 5.74) is 1.88. The van der Waals surface area contributed by atoms with Crippen LogP contribution in [0.3, 0.4) is 0 Å². The Morgan fingerprint density at radius 3 is 2.44 bits per heavy atom. The van der Waals surface area contributed by atoms with Gasteiger partial charge in [-0.05, 0) is 97.3 Å². The van der Waals surface area contributed by atoms with Gasteiger partial charge in [0.15, 0.2) is 18.1 Å². The van der Waals surface area contributed by atoms with Gasteiger partial charge in [0.05, 0.1) is 29.2 Å². The minimum absolute atomic E-state index is 0.00449. The third-order valence-electron chi connectivity index (χ3n) is 9.92. The Morgan fingerprint density at radius 2 is 1.71 bits per heavy atom. The number of ether oxygens (including phenoxy) is 2. The number of anilines is 2. The van der Waals surface area contributed by atoms with Crippen LogP contribution in [-0.4, -0.2) is 41.2 Å². The monoisotopic (exact) mass is 705 g/mol. The molecule has 4 aromatic rings. The van der Waals surface area contributed by atoms with E-state index < -0.39 is 23.6 Å². The minimum Gasteiger partial charge on any atom is -0.490 e. The van der Waals surface area contributed by atoms with Gasteiger partial charge in [0.25, 0.3) is 5.91 Å². The maximum atomic E-state index is 14.0. The smallest absolute Gasteiger partial charge is 0.305 e. The molecule has 4 aliphatic rings. The summed E-state index contributed by atoms with van der Waals surface area (Å²) >= 11 is 8.90. The topological polar surface area (TPSA) is 118 Å². The third kappa shape index (κ3) is 5.12. The van der Waals surface area contributed by atoms with Crippen LogP contribution in [0, 0.1) is 35.4 Å². The fourth-order valence-corrected chi connectivity index (χ4v) is 11.2. The van der Waals surface area contributed by atoms with Gasteiger partial charge < -0.3 is 19.8 Å². The number of nitrogens with zero attached hydrogens (tertiary/aromatic N) is 1. The van der Waals surface area contributed by atoms with Gasteiger partial charge in [0.2, 0.25) is 11.8 Å². The van der Waals surface area contributed by atoms with E-state index in [0.717, 1.165) is 21.9 Å². The lowest BCUT2D eigenvalue weighted by Crippen LogP contribution is -2.42. The number of aromatic nitrogens is 1. The molecule has 9 nitrogen and oxygen atoms in total. The fraction of sp³-hybridized carbons (Fsp3) is 0.314. The molecule has 2 aliphatic heterocycles. The lowest BCUT2D eigenvalue weighted by atomic mass is 9.68. The lowest BCUT2D eigenvalue weighted by molar-refractivity contribution is -0.123. The van der Waals surface area contributed by atoms with E-state index >= 15 is 0 Å². The molecule has 1 aromatic heterocycles. The van der Waals surface area contributed by atoms with Crippen molar-refractivity contribution in [1.82, 2.24) is 4.98 Å². The summed E-state index contributed by atoms with van der Waals surface area (Å²) < 4.78 is 25.1. The van der Waals surface area contributed by atoms with E-state index in [-0.39, 0.29) is 52.2 Å². The number of thiazole rings is 1.